The van der Waals surface area contributed by atoms with Crippen LogP contribution in [0.3, 0.4) is 0 Å². The Balaban J connectivity index is 2.37. The fourth-order valence-electron chi connectivity index (χ4n) is 3.07. The number of likely N-dealkylation sites (N-methyl/N-ethyl adjacent to an activating group) is 1. The Labute approximate surface area is 118 Å². The van der Waals surface area contributed by atoms with Gasteiger partial charge in [-0.1, -0.05) is 6.92 Å². The van der Waals surface area contributed by atoms with Gasteiger partial charge in [0, 0.05) is 11.6 Å². The zero-order valence-electron chi connectivity index (χ0n) is 12.2. The molecule has 0 unspecified atom stereocenters. The minimum atomic E-state index is -0.702. The number of benzene rings is 1. The molecule has 1 saturated carbocycles. The lowest BCUT2D eigenvalue weighted by atomic mass is 9.72. The van der Waals surface area contributed by atoms with Crippen LogP contribution < -0.4 is 0 Å². The summed E-state index contributed by atoms with van der Waals surface area (Å²) in [5, 5.41) is 0. The summed E-state index contributed by atoms with van der Waals surface area (Å²) in [7, 11) is 3.73. The molecule has 1 aliphatic carbocycles. The fraction of sp³-hybridized carbons (Fsp3) is 0.562. The SMILES string of the molecule is CC1CCC(C(=O)c2cc(F)cc(F)c2)(N(C)C)CC1. The fourth-order valence-corrected chi connectivity index (χ4v) is 3.07. The van der Waals surface area contributed by atoms with Crippen LogP contribution in [0.15, 0.2) is 18.2 Å². The van der Waals surface area contributed by atoms with E-state index >= 15 is 0 Å². The molecule has 0 aliphatic heterocycles. The van der Waals surface area contributed by atoms with E-state index in [1.165, 1.54) is 0 Å². The molecule has 0 saturated heterocycles. The van der Waals surface area contributed by atoms with Crippen molar-refractivity contribution in [1.29, 1.82) is 0 Å². The van der Waals surface area contributed by atoms with Crippen LogP contribution in [0.5, 0.6) is 0 Å². The third-order valence-electron chi connectivity index (χ3n) is 4.50. The molecule has 2 nitrogen and oxygen atoms in total. The number of Topliss-reactive ketones (excluding diaryl/α,β-unsaturated/α-hetero) is 1. The Bertz CT molecular complexity index is 485. The minimum absolute atomic E-state index is 0.130. The van der Waals surface area contributed by atoms with Crippen LogP contribution in [0.4, 0.5) is 8.78 Å². The molecule has 0 radical (unpaired) electrons. The molecule has 1 aliphatic rings. The van der Waals surface area contributed by atoms with Gasteiger partial charge in [0.05, 0.1) is 5.54 Å². The van der Waals surface area contributed by atoms with Gasteiger partial charge in [0.25, 0.3) is 0 Å². The topological polar surface area (TPSA) is 20.3 Å². The highest BCUT2D eigenvalue weighted by Gasteiger charge is 2.43. The molecule has 2 rings (SSSR count). The van der Waals surface area contributed by atoms with Gasteiger partial charge >= 0.3 is 0 Å². The zero-order chi connectivity index (χ0) is 14.9. The number of halogens is 2. The summed E-state index contributed by atoms with van der Waals surface area (Å²) in [6.45, 7) is 2.17. The summed E-state index contributed by atoms with van der Waals surface area (Å²) in [6, 6.07) is 3.06. The van der Waals surface area contributed by atoms with Gasteiger partial charge in [0.2, 0.25) is 0 Å². The lowest BCUT2D eigenvalue weighted by molar-refractivity contribution is 0.0512. The van der Waals surface area contributed by atoms with Crippen molar-refractivity contribution >= 4 is 5.78 Å². The smallest absolute Gasteiger partial charge is 0.183 e. The Morgan fingerprint density at radius 2 is 1.65 bits per heavy atom. The lowest BCUT2D eigenvalue weighted by Crippen LogP contribution is -2.53. The molecule has 1 fully saturated rings. The first kappa shape index (κ1) is 15.1. The van der Waals surface area contributed by atoms with Gasteiger partial charge in [0.1, 0.15) is 11.6 Å². The second-order valence-electron chi connectivity index (χ2n) is 6.10. The summed E-state index contributed by atoms with van der Waals surface area (Å²) >= 11 is 0. The van der Waals surface area contributed by atoms with E-state index in [4.69, 9.17) is 0 Å². The number of carbonyl (C=O) groups is 1. The molecule has 0 bridgehead atoms. The normalized spacial score (nSPS) is 26.8. The van der Waals surface area contributed by atoms with E-state index in [2.05, 4.69) is 6.92 Å². The molecule has 0 N–H and O–H groups in total. The van der Waals surface area contributed by atoms with E-state index in [1.54, 1.807) is 0 Å². The van der Waals surface area contributed by atoms with Crippen molar-refractivity contribution in [2.45, 2.75) is 38.1 Å². The van der Waals surface area contributed by atoms with E-state index in [0.29, 0.717) is 5.92 Å². The maximum atomic E-state index is 13.3. The van der Waals surface area contributed by atoms with E-state index < -0.39 is 17.2 Å². The minimum Gasteiger partial charge on any atom is -0.297 e. The predicted molar refractivity (Wildman–Crippen MR) is 74.7 cm³/mol. The van der Waals surface area contributed by atoms with Crippen LogP contribution in [-0.4, -0.2) is 30.3 Å². The molecule has 110 valence electrons. The largest absolute Gasteiger partial charge is 0.297 e. The van der Waals surface area contributed by atoms with Crippen molar-refractivity contribution in [2.24, 2.45) is 5.92 Å². The zero-order valence-corrected chi connectivity index (χ0v) is 12.2. The first-order chi connectivity index (χ1) is 9.35. The first-order valence-corrected chi connectivity index (χ1v) is 7.03. The van der Waals surface area contributed by atoms with Crippen LogP contribution in [0.25, 0.3) is 0 Å². The second kappa shape index (κ2) is 5.60. The van der Waals surface area contributed by atoms with Gasteiger partial charge in [-0.05, 0) is 57.8 Å². The van der Waals surface area contributed by atoms with Crippen LogP contribution in [0.1, 0.15) is 43.0 Å². The van der Waals surface area contributed by atoms with Crippen molar-refractivity contribution in [3.63, 3.8) is 0 Å². The Morgan fingerprint density at radius 3 is 2.10 bits per heavy atom. The van der Waals surface area contributed by atoms with E-state index in [9.17, 15) is 13.6 Å². The van der Waals surface area contributed by atoms with Crippen molar-refractivity contribution < 1.29 is 13.6 Å². The maximum absolute atomic E-state index is 13.3. The third-order valence-corrected chi connectivity index (χ3v) is 4.50. The highest BCUT2D eigenvalue weighted by atomic mass is 19.1. The summed E-state index contributed by atoms with van der Waals surface area (Å²) < 4.78 is 26.7. The molecule has 20 heavy (non-hydrogen) atoms. The molecule has 0 amide bonds. The lowest BCUT2D eigenvalue weighted by Gasteiger charge is -2.43. The van der Waals surface area contributed by atoms with Gasteiger partial charge in [-0.2, -0.15) is 0 Å². The number of rotatable bonds is 3. The number of hydrogen-bond acceptors (Lipinski definition) is 2. The van der Waals surface area contributed by atoms with Crippen LogP contribution in [0, 0.1) is 17.6 Å². The second-order valence-corrected chi connectivity index (χ2v) is 6.10. The van der Waals surface area contributed by atoms with Crippen molar-refractivity contribution in [3.8, 4) is 0 Å². The van der Waals surface area contributed by atoms with Crippen molar-refractivity contribution in [1.82, 2.24) is 4.90 Å². The van der Waals surface area contributed by atoms with Crippen LogP contribution >= 0.6 is 0 Å². The van der Waals surface area contributed by atoms with Gasteiger partial charge in [-0.3, -0.25) is 9.69 Å². The number of ketones is 1. The summed E-state index contributed by atoms with van der Waals surface area (Å²) in [6.07, 6.45) is 3.39. The average Bonchev–Trinajstić information content (AvgIpc) is 2.37. The van der Waals surface area contributed by atoms with Gasteiger partial charge < -0.3 is 0 Å². The van der Waals surface area contributed by atoms with Crippen LogP contribution in [-0.2, 0) is 0 Å². The molecular formula is C16H21F2NO. The summed E-state index contributed by atoms with van der Waals surface area (Å²) in [5.74, 6) is -0.981. The molecule has 4 heteroatoms. The first-order valence-electron chi connectivity index (χ1n) is 7.03. The standard InChI is InChI=1S/C16H21F2NO/c1-11-4-6-16(7-5-11,19(2)3)15(20)12-8-13(17)10-14(18)9-12/h8-11H,4-7H2,1-3H3. The van der Waals surface area contributed by atoms with E-state index in [0.717, 1.165) is 43.9 Å². The van der Waals surface area contributed by atoms with Crippen LogP contribution in [0.2, 0.25) is 0 Å². The number of nitrogens with zero attached hydrogens (tertiary/aromatic N) is 1. The number of hydrogen-bond donors (Lipinski definition) is 0. The predicted octanol–water partition coefficient (Wildman–Crippen LogP) is 3.66. The van der Waals surface area contributed by atoms with Gasteiger partial charge in [-0.25, -0.2) is 8.78 Å². The van der Waals surface area contributed by atoms with Gasteiger partial charge in [-0.15, -0.1) is 0 Å². The average molecular weight is 281 g/mol. The highest BCUT2D eigenvalue weighted by molar-refractivity contribution is 6.03. The molecule has 1 aromatic rings. The molecule has 0 aromatic heterocycles. The summed E-state index contributed by atoms with van der Waals surface area (Å²) in [4.78, 5) is 14.7. The Morgan fingerprint density at radius 1 is 1.15 bits per heavy atom. The Hall–Kier alpha value is -1.29. The number of carbonyl (C=O) groups excluding carboxylic acids is 1. The van der Waals surface area contributed by atoms with Crippen molar-refractivity contribution in [2.75, 3.05) is 14.1 Å². The molecule has 0 atom stereocenters. The van der Waals surface area contributed by atoms with Crippen molar-refractivity contribution in [3.05, 3.63) is 35.4 Å². The van der Waals surface area contributed by atoms with Gasteiger partial charge in [0.15, 0.2) is 5.78 Å². The quantitative estimate of drug-likeness (QED) is 0.788. The third kappa shape index (κ3) is 2.75. The van der Waals surface area contributed by atoms with E-state index in [1.807, 2.05) is 19.0 Å². The molecule has 1 aromatic carbocycles. The molecule has 0 heterocycles. The van der Waals surface area contributed by atoms with E-state index in [-0.39, 0.29) is 11.3 Å². The maximum Gasteiger partial charge on any atom is 0.183 e. The monoisotopic (exact) mass is 281 g/mol. The Kier molecular flexibility index (Phi) is 4.23. The molecule has 0 spiro atoms. The highest BCUT2D eigenvalue weighted by Crippen LogP contribution is 2.37. The summed E-state index contributed by atoms with van der Waals surface area (Å²) in [5.41, 5.74) is -0.502. The molecular weight excluding hydrogens is 260 g/mol.